The normalized spacial score (nSPS) is 19.0. The zero-order valence-electron chi connectivity index (χ0n) is 19.2. The van der Waals surface area contributed by atoms with Crippen LogP contribution in [0.5, 0.6) is 11.5 Å². The highest BCUT2D eigenvalue weighted by molar-refractivity contribution is 6.16. The van der Waals surface area contributed by atoms with Gasteiger partial charge in [0, 0.05) is 23.4 Å². The maximum absolute atomic E-state index is 14.0. The van der Waals surface area contributed by atoms with E-state index < -0.39 is 18.5 Å². The first kappa shape index (κ1) is 21.5. The molecule has 0 aliphatic carbocycles. The number of halogens is 2. The molecule has 6 rings (SSSR count). The minimum Gasteiger partial charge on any atom is -0.454 e. The molecule has 3 aromatic heterocycles. The zero-order valence-corrected chi connectivity index (χ0v) is 19.2. The van der Waals surface area contributed by atoms with Crippen LogP contribution in [0.2, 0.25) is 0 Å². The summed E-state index contributed by atoms with van der Waals surface area (Å²) in [6, 6.07) is 7.06. The number of benzene rings is 1. The van der Waals surface area contributed by atoms with Gasteiger partial charge in [0.2, 0.25) is 6.79 Å². The van der Waals surface area contributed by atoms with E-state index in [0.717, 1.165) is 0 Å². The molecule has 0 saturated heterocycles. The van der Waals surface area contributed by atoms with Crippen molar-refractivity contribution in [3.05, 3.63) is 47.3 Å². The lowest BCUT2D eigenvalue weighted by Gasteiger charge is -2.37. The van der Waals surface area contributed by atoms with E-state index in [1.54, 1.807) is 51.1 Å². The highest BCUT2D eigenvalue weighted by Crippen LogP contribution is 2.40. The first-order valence-corrected chi connectivity index (χ1v) is 11.2. The number of nitrogens with zero attached hydrogens (tertiary/aromatic N) is 5. The van der Waals surface area contributed by atoms with Crippen molar-refractivity contribution >= 4 is 22.8 Å². The van der Waals surface area contributed by atoms with Crippen molar-refractivity contribution in [2.45, 2.75) is 45.7 Å². The Kier molecular flexibility index (Phi) is 4.77. The van der Waals surface area contributed by atoms with Crippen LogP contribution in [0.25, 0.3) is 22.4 Å². The van der Waals surface area contributed by atoms with Gasteiger partial charge in [0.05, 0.1) is 16.6 Å². The fraction of sp³-hybridized carbons (Fsp3) is 0.333. The predicted octanol–water partition coefficient (Wildman–Crippen LogP) is 4.68. The number of ether oxygens (including phenoxy) is 2. The van der Waals surface area contributed by atoms with E-state index in [1.165, 1.54) is 9.58 Å². The molecule has 2 aliphatic rings. The Hall–Kier alpha value is -4.02. The molecule has 35 heavy (non-hydrogen) atoms. The van der Waals surface area contributed by atoms with Gasteiger partial charge in [-0.05, 0) is 51.5 Å². The molecule has 1 aromatic carbocycles. The van der Waals surface area contributed by atoms with Gasteiger partial charge in [0.25, 0.3) is 18.0 Å². The third-order valence-corrected chi connectivity index (χ3v) is 6.38. The summed E-state index contributed by atoms with van der Waals surface area (Å²) >= 11 is 0. The lowest BCUT2D eigenvalue weighted by Crippen LogP contribution is -2.46. The van der Waals surface area contributed by atoms with Gasteiger partial charge in [-0.1, -0.05) is 5.16 Å². The average molecular weight is 481 g/mol. The fourth-order valence-electron chi connectivity index (χ4n) is 4.83. The largest absolute Gasteiger partial charge is 0.454 e. The van der Waals surface area contributed by atoms with Crippen LogP contribution in [0.3, 0.4) is 0 Å². The number of rotatable bonds is 3. The average Bonchev–Trinajstić information content (AvgIpc) is 3.54. The van der Waals surface area contributed by atoms with Gasteiger partial charge in [-0.15, -0.1) is 0 Å². The SMILES string of the molecule is Cc1cc(C(=O)N2c3cc(C)nn3[C@@H](C(F)F)C[C@@H]2C)c2c(-c3ccc4c(c3)OCO4)noc2n1. The number of hydrogen-bond donors (Lipinski definition) is 0. The lowest BCUT2D eigenvalue weighted by molar-refractivity contribution is 0.0609. The van der Waals surface area contributed by atoms with E-state index in [-0.39, 0.29) is 24.8 Å². The van der Waals surface area contributed by atoms with Crippen molar-refractivity contribution in [2.24, 2.45) is 0 Å². The Balaban J connectivity index is 1.50. The maximum Gasteiger partial charge on any atom is 0.260 e. The summed E-state index contributed by atoms with van der Waals surface area (Å²) in [5, 5.41) is 8.89. The van der Waals surface area contributed by atoms with Crippen LogP contribution in [0.4, 0.5) is 14.6 Å². The maximum atomic E-state index is 14.0. The third kappa shape index (κ3) is 3.33. The number of carbonyl (C=O) groups is 1. The Bertz CT molecular complexity index is 1480. The Morgan fingerprint density at radius 3 is 2.71 bits per heavy atom. The Morgan fingerprint density at radius 1 is 1.11 bits per heavy atom. The van der Waals surface area contributed by atoms with Crippen molar-refractivity contribution in [3.63, 3.8) is 0 Å². The number of hydrogen-bond acceptors (Lipinski definition) is 7. The smallest absolute Gasteiger partial charge is 0.260 e. The summed E-state index contributed by atoms with van der Waals surface area (Å²) in [6.07, 6.45) is -2.53. The molecule has 11 heteroatoms. The molecular weight excluding hydrogens is 460 g/mol. The summed E-state index contributed by atoms with van der Waals surface area (Å²) in [6.45, 7) is 5.35. The van der Waals surface area contributed by atoms with Gasteiger partial charge < -0.3 is 14.0 Å². The second-order valence-electron chi connectivity index (χ2n) is 8.84. The molecule has 1 amide bonds. The van der Waals surface area contributed by atoms with Crippen LogP contribution in [-0.4, -0.2) is 45.1 Å². The first-order valence-electron chi connectivity index (χ1n) is 11.2. The highest BCUT2D eigenvalue weighted by Gasteiger charge is 2.40. The van der Waals surface area contributed by atoms with E-state index in [1.807, 2.05) is 0 Å². The second kappa shape index (κ2) is 7.76. The fourth-order valence-corrected chi connectivity index (χ4v) is 4.83. The van der Waals surface area contributed by atoms with E-state index in [2.05, 4.69) is 15.2 Å². The molecule has 0 saturated carbocycles. The monoisotopic (exact) mass is 481 g/mol. The topological polar surface area (TPSA) is 95.5 Å². The molecule has 0 unspecified atom stereocenters. The van der Waals surface area contributed by atoms with Crippen LogP contribution >= 0.6 is 0 Å². The number of carbonyl (C=O) groups excluding carboxylic acids is 1. The molecule has 0 bridgehead atoms. The number of amides is 1. The van der Waals surface area contributed by atoms with Crippen LogP contribution in [0, 0.1) is 13.8 Å². The molecule has 0 radical (unpaired) electrons. The van der Waals surface area contributed by atoms with E-state index >= 15 is 0 Å². The molecular formula is C24H21F2N5O4. The van der Waals surface area contributed by atoms with Gasteiger partial charge in [-0.3, -0.25) is 9.69 Å². The van der Waals surface area contributed by atoms with Crippen molar-refractivity contribution in [1.82, 2.24) is 19.9 Å². The van der Waals surface area contributed by atoms with Gasteiger partial charge >= 0.3 is 0 Å². The summed E-state index contributed by atoms with van der Waals surface area (Å²) in [4.78, 5) is 20.0. The molecule has 2 atom stereocenters. The van der Waals surface area contributed by atoms with Gasteiger partial charge in [0.1, 0.15) is 17.6 Å². The number of aryl methyl sites for hydroxylation is 2. The molecule has 9 nitrogen and oxygen atoms in total. The van der Waals surface area contributed by atoms with Crippen LogP contribution in [0.15, 0.2) is 34.9 Å². The van der Waals surface area contributed by atoms with Crippen molar-refractivity contribution in [3.8, 4) is 22.8 Å². The first-order chi connectivity index (χ1) is 16.8. The van der Waals surface area contributed by atoms with Crippen molar-refractivity contribution < 1.29 is 27.6 Å². The van der Waals surface area contributed by atoms with Crippen molar-refractivity contribution in [1.29, 1.82) is 0 Å². The molecule has 2 aliphatic heterocycles. The molecule has 0 fully saturated rings. The molecule has 4 aromatic rings. The number of alkyl halides is 2. The van der Waals surface area contributed by atoms with Gasteiger partial charge in [-0.2, -0.15) is 5.10 Å². The summed E-state index contributed by atoms with van der Waals surface area (Å²) < 4.78 is 45.2. The standard InChI is InChI=1S/C24H21F2N5O4/c1-11-6-15(24(32)30-13(3)8-16(22(25)26)31-19(30)7-12(2)28-31)20-21(29-35-23(20)27-11)14-4-5-17-18(9-14)34-10-33-17/h4-7,9,13,16,22H,8,10H2,1-3H3/t13-,16+/m0/s1. The molecule has 5 heterocycles. The van der Waals surface area contributed by atoms with Crippen molar-refractivity contribution in [2.75, 3.05) is 11.7 Å². The molecule has 0 spiro atoms. The number of fused-ring (bicyclic) bond motifs is 3. The number of pyridine rings is 1. The quantitative estimate of drug-likeness (QED) is 0.419. The highest BCUT2D eigenvalue weighted by atomic mass is 19.3. The van der Waals surface area contributed by atoms with E-state index in [9.17, 15) is 13.6 Å². The van der Waals surface area contributed by atoms with E-state index in [0.29, 0.717) is 50.9 Å². The summed E-state index contributed by atoms with van der Waals surface area (Å²) in [5.41, 5.74) is 2.73. The summed E-state index contributed by atoms with van der Waals surface area (Å²) in [5.74, 6) is 1.15. The van der Waals surface area contributed by atoms with Gasteiger partial charge in [0.15, 0.2) is 11.5 Å². The van der Waals surface area contributed by atoms with E-state index in [4.69, 9.17) is 14.0 Å². The molecule has 180 valence electrons. The minimum atomic E-state index is -2.60. The van der Waals surface area contributed by atoms with Crippen LogP contribution in [-0.2, 0) is 0 Å². The minimum absolute atomic E-state index is 0.0728. The van der Waals surface area contributed by atoms with Gasteiger partial charge in [-0.25, -0.2) is 18.4 Å². The lowest BCUT2D eigenvalue weighted by atomic mass is 10.00. The van der Waals surface area contributed by atoms with Crippen LogP contribution < -0.4 is 14.4 Å². The zero-order chi connectivity index (χ0) is 24.4. The third-order valence-electron chi connectivity index (χ3n) is 6.38. The number of anilines is 1. The predicted molar refractivity (Wildman–Crippen MR) is 121 cm³/mol. The Morgan fingerprint density at radius 2 is 1.91 bits per heavy atom. The molecule has 0 N–H and O–H groups in total. The van der Waals surface area contributed by atoms with Crippen LogP contribution in [0.1, 0.15) is 41.1 Å². The number of aromatic nitrogens is 4. The summed E-state index contributed by atoms with van der Waals surface area (Å²) in [7, 11) is 0. The Labute approximate surface area is 198 Å². The second-order valence-corrected chi connectivity index (χ2v) is 8.84.